The van der Waals surface area contributed by atoms with Gasteiger partial charge in [0.1, 0.15) is 5.52 Å². The van der Waals surface area contributed by atoms with Gasteiger partial charge in [-0.05, 0) is 28.1 Å². The molecule has 0 radical (unpaired) electrons. The van der Waals surface area contributed by atoms with Gasteiger partial charge in [-0.1, -0.05) is 5.16 Å². The second-order valence-electron chi connectivity index (χ2n) is 3.30. The molecule has 4 N–H and O–H groups in total. The van der Waals surface area contributed by atoms with Crippen molar-refractivity contribution in [3.05, 3.63) is 29.0 Å². The van der Waals surface area contributed by atoms with E-state index in [4.69, 9.17) is 10.9 Å². The number of nitrogens with two attached hydrogens (primary N) is 1. The van der Waals surface area contributed by atoms with E-state index in [1.165, 1.54) is 0 Å². The molecular formula is C10H10BrN5O. The van der Waals surface area contributed by atoms with Crippen molar-refractivity contribution >= 4 is 38.5 Å². The number of nitrogens with zero attached hydrogens (tertiary/aromatic N) is 3. The number of nitrogens with one attached hydrogen (secondary N) is 1. The number of amidine groups is 1. The standard InChI is InChI=1S/C10H10BrN5O/c11-9-6(15-5-8(12)16-17)1-2-7-10(9)14-4-3-13-7/h1-4,15,17H,5H2,(H2,12,16). The topological polar surface area (TPSA) is 96.4 Å². The van der Waals surface area contributed by atoms with Crippen LogP contribution in [0.25, 0.3) is 11.0 Å². The molecule has 1 aromatic heterocycles. The summed E-state index contributed by atoms with van der Waals surface area (Å²) in [6, 6.07) is 3.70. The van der Waals surface area contributed by atoms with Gasteiger partial charge in [-0.3, -0.25) is 9.97 Å². The first-order valence-electron chi connectivity index (χ1n) is 4.82. The quantitative estimate of drug-likeness (QED) is 0.345. The highest BCUT2D eigenvalue weighted by Crippen LogP contribution is 2.28. The van der Waals surface area contributed by atoms with Crippen molar-refractivity contribution in [3.8, 4) is 0 Å². The van der Waals surface area contributed by atoms with Gasteiger partial charge in [-0.2, -0.15) is 0 Å². The Labute approximate surface area is 106 Å². The van der Waals surface area contributed by atoms with E-state index >= 15 is 0 Å². The number of halogens is 1. The van der Waals surface area contributed by atoms with E-state index in [1.807, 2.05) is 12.1 Å². The lowest BCUT2D eigenvalue weighted by molar-refractivity contribution is 0.317. The minimum Gasteiger partial charge on any atom is -0.409 e. The molecule has 2 rings (SSSR count). The summed E-state index contributed by atoms with van der Waals surface area (Å²) in [7, 11) is 0. The van der Waals surface area contributed by atoms with Crippen LogP contribution in [-0.4, -0.2) is 27.6 Å². The highest BCUT2D eigenvalue weighted by atomic mass is 79.9. The Balaban J connectivity index is 2.33. The maximum absolute atomic E-state index is 8.44. The molecule has 7 heteroatoms. The second-order valence-corrected chi connectivity index (χ2v) is 4.09. The summed E-state index contributed by atoms with van der Waals surface area (Å²) in [5.41, 5.74) is 7.75. The molecule has 2 aromatic rings. The molecule has 88 valence electrons. The maximum atomic E-state index is 8.44. The molecule has 1 aromatic carbocycles. The lowest BCUT2D eigenvalue weighted by Crippen LogP contribution is -2.22. The molecule has 0 aliphatic heterocycles. The maximum Gasteiger partial charge on any atom is 0.158 e. The van der Waals surface area contributed by atoms with Gasteiger partial charge in [0.2, 0.25) is 0 Å². The first-order chi connectivity index (χ1) is 8.22. The van der Waals surface area contributed by atoms with Gasteiger partial charge in [0.25, 0.3) is 0 Å². The fraction of sp³-hybridized carbons (Fsp3) is 0.100. The molecule has 0 aliphatic rings. The third-order valence-electron chi connectivity index (χ3n) is 2.17. The predicted molar refractivity (Wildman–Crippen MR) is 69.1 cm³/mol. The van der Waals surface area contributed by atoms with E-state index in [0.717, 1.165) is 21.2 Å². The summed E-state index contributed by atoms with van der Waals surface area (Å²) in [5.74, 6) is 0.108. The summed E-state index contributed by atoms with van der Waals surface area (Å²) in [6.45, 7) is 0.251. The Morgan fingerprint density at radius 3 is 2.94 bits per heavy atom. The molecule has 1 heterocycles. The molecule has 6 nitrogen and oxygen atoms in total. The highest BCUT2D eigenvalue weighted by molar-refractivity contribution is 9.10. The van der Waals surface area contributed by atoms with Crippen molar-refractivity contribution in [2.24, 2.45) is 10.9 Å². The Bertz CT molecular complexity index is 572. The average molecular weight is 296 g/mol. The van der Waals surface area contributed by atoms with Crippen LogP contribution in [0.5, 0.6) is 0 Å². The summed E-state index contributed by atoms with van der Waals surface area (Å²) in [5, 5.41) is 14.4. The summed E-state index contributed by atoms with van der Waals surface area (Å²) >= 11 is 3.45. The Morgan fingerprint density at radius 2 is 2.18 bits per heavy atom. The Hall–Kier alpha value is -1.89. The van der Waals surface area contributed by atoms with Crippen molar-refractivity contribution < 1.29 is 5.21 Å². The summed E-state index contributed by atoms with van der Waals surface area (Å²) < 4.78 is 0.800. The molecular weight excluding hydrogens is 286 g/mol. The molecule has 0 saturated carbocycles. The molecule has 0 amide bonds. The number of fused-ring (bicyclic) bond motifs is 1. The smallest absolute Gasteiger partial charge is 0.158 e. The molecule has 17 heavy (non-hydrogen) atoms. The molecule has 0 unspecified atom stereocenters. The number of aromatic nitrogens is 2. The average Bonchev–Trinajstić information content (AvgIpc) is 2.38. The fourth-order valence-corrected chi connectivity index (χ4v) is 1.94. The zero-order valence-corrected chi connectivity index (χ0v) is 10.3. The summed E-state index contributed by atoms with van der Waals surface area (Å²) in [4.78, 5) is 8.41. The fourth-order valence-electron chi connectivity index (χ4n) is 1.36. The zero-order chi connectivity index (χ0) is 12.3. The van der Waals surface area contributed by atoms with E-state index in [2.05, 4.69) is 36.4 Å². The van der Waals surface area contributed by atoms with E-state index in [1.54, 1.807) is 12.4 Å². The largest absolute Gasteiger partial charge is 0.409 e. The van der Waals surface area contributed by atoms with Gasteiger partial charge in [0.05, 0.1) is 22.2 Å². The van der Waals surface area contributed by atoms with Gasteiger partial charge in [-0.15, -0.1) is 0 Å². The number of oxime groups is 1. The molecule has 0 atom stereocenters. The van der Waals surface area contributed by atoms with E-state index in [0.29, 0.717) is 0 Å². The van der Waals surface area contributed by atoms with E-state index < -0.39 is 0 Å². The SMILES string of the molecule is N/C(CNc1ccc2nccnc2c1Br)=N/O. The molecule has 0 bridgehead atoms. The number of benzene rings is 1. The normalized spacial score (nSPS) is 11.7. The van der Waals surface area contributed by atoms with Gasteiger partial charge < -0.3 is 16.3 Å². The van der Waals surface area contributed by atoms with Crippen LogP contribution in [-0.2, 0) is 0 Å². The number of anilines is 1. The van der Waals surface area contributed by atoms with Gasteiger partial charge in [0.15, 0.2) is 5.84 Å². The second kappa shape index (κ2) is 4.96. The lowest BCUT2D eigenvalue weighted by atomic mass is 10.2. The minimum absolute atomic E-state index is 0.108. The Kier molecular flexibility index (Phi) is 3.38. The molecule has 0 fully saturated rings. The van der Waals surface area contributed by atoms with Gasteiger partial charge >= 0.3 is 0 Å². The van der Waals surface area contributed by atoms with Crippen LogP contribution in [0.15, 0.2) is 34.2 Å². The number of hydrogen-bond acceptors (Lipinski definition) is 5. The van der Waals surface area contributed by atoms with Crippen molar-refractivity contribution in [1.29, 1.82) is 0 Å². The first-order valence-corrected chi connectivity index (χ1v) is 5.61. The van der Waals surface area contributed by atoms with Gasteiger partial charge in [-0.25, -0.2) is 0 Å². The third-order valence-corrected chi connectivity index (χ3v) is 2.97. The Morgan fingerprint density at radius 1 is 1.41 bits per heavy atom. The van der Waals surface area contributed by atoms with E-state index in [9.17, 15) is 0 Å². The summed E-state index contributed by atoms with van der Waals surface area (Å²) in [6.07, 6.45) is 3.26. The highest BCUT2D eigenvalue weighted by Gasteiger charge is 2.06. The van der Waals surface area contributed by atoms with Gasteiger partial charge in [0, 0.05) is 12.4 Å². The number of rotatable bonds is 3. The lowest BCUT2D eigenvalue weighted by Gasteiger charge is -2.08. The van der Waals surface area contributed by atoms with Crippen LogP contribution >= 0.6 is 15.9 Å². The third kappa shape index (κ3) is 2.44. The first kappa shape index (κ1) is 11.6. The van der Waals surface area contributed by atoms with Crippen LogP contribution in [0.1, 0.15) is 0 Å². The van der Waals surface area contributed by atoms with Crippen LogP contribution < -0.4 is 11.1 Å². The molecule has 0 spiro atoms. The van der Waals surface area contributed by atoms with Crippen molar-refractivity contribution in [2.45, 2.75) is 0 Å². The van der Waals surface area contributed by atoms with Crippen LogP contribution in [0.2, 0.25) is 0 Å². The zero-order valence-electron chi connectivity index (χ0n) is 8.76. The van der Waals surface area contributed by atoms with Crippen LogP contribution in [0.4, 0.5) is 5.69 Å². The van der Waals surface area contributed by atoms with Crippen LogP contribution in [0, 0.1) is 0 Å². The van der Waals surface area contributed by atoms with Crippen molar-refractivity contribution in [2.75, 3.05) is 11.9 Å². The monoisotopic (exact) mass is 295 g/mol. The molecule has 0 saturated heterocycles. The van der Waals surface area contributed by atoms with Crippen molar-refractivity contribution in [1.82, 2.24) is 9.97 Å². The van der Waals surface area contributed by atoms with Crippen LogP contribution in [0.3, 0.4) is 0 Å². The minimum atomic E-state index is 0.108. The number of hydrogen-bond donors (Lipinski definition) is 3. The van der Waals surface area contributed by atoms with Crippen molar-refractivity contribution in [3.63, 3.8) is 0 Å². The molecule has 0 aliphatic carbocycles. The van der Waals surface area contributed by atoms with E-state index in [-0.39, 0.29) is 12.4 Å². The predicted octanol–water partition coefficient (Wildman–Crippen LogP) is 1.55.